The topological polar surface area (TPSA) is 30.2 Å². The Morgan fingerprint density at radius 1 is 1.43 bits per heavy atom. The van der Waals surface area contributed by atoms with Crippen LogP contribution in [0.4, 0.5) is 0 Å². The molecule has 0 fully saturated rings. The molecule has 0 spiro atoms. The largest absolute Gasteiger partial charge is 0.469 e. The Bertz CT molecular complexity index is 336. The van der Waals surface area contributed by atoms with Gasteiger partial charge in [0, 0.05) is 17.5 Å². The van der Waals surface area contributed by atoms with Crippen molar-refractivity contribution >= 4 is 0 Å². The van der Waals surface area contributed by atoms with Gasteiger partial charge in [0.2, 0.25) is 0 Å². The molecule has 0 amide bonds. The lowest BCUT2D eigenvalue weighted by Gasteiger charge is -2.22. The summed E-state index contributed by atoms with van der Waals surface area (Å²) in [5, 5.41) is 0. The van der Waals surface area contributed by atoms with Crippen LogP contribution in [-0.2, 0) is 5.41 Å². The first-order valence-electron chi connectivity index (χ1n) is 5.15. The van der Waals surface area contributed by atoms with E-state index in [1.54, 1.807) is 6.07 Å². The number of hydrogen-bond acceptors (Lipinski definition) is 2. The molecule has 0 unspecified atom stereocenters. The molecule has 1 aromatic heterocycles. The monoisotopic (exact) mass is 194 g/mol. The first kappa shape index (κ1) is 11.0. The Balaban J connectivity index is 2.86. The molecule has 0 aliphatic heterocycles. The van der Waals surface area contributed by atoms with Crippen molar-refractivity contribution in [1.29, 1.82) is 0 Å². The van der Waals surface area contributed by atoms with Gasteiger partial charge in [0.1, 0.15) is 5.76 Å². The van der Waals surface area contributed by atoms with Crippen molar-refractivity contribution in [3.05, 3.63) is 34.4 Å². The van der Waals surface area contributed by atoms with E-state index in [1.165, 1.54) is 18.8 Å². The summed E-state index contributed by atoms with van der Waals surface area (Å²) in [6.45, 7) is 6.39. The highest BCUT2D eigenvalue weighted by Crippen LogP contribution is 2.27. The second-order valence-electron chi connectivity index (χ2n) is 4.32. The smallest absolute Gasteiger partial charge is 0.185 e. The minimum atomic E-state index is -0.0313. The standard InChI is InChI=1S/C12H18O2/c1-4-5-7-12(2,3)11-9-10(13)6-8-14-11/h6,8-9H,4-5,7H2,1-3H3. The zero-order valence-corrected chi connectivity index (χ0v) is 9.17. The summed E-state index contributed by atoms with van der Waals surface area (Å²) in [6, 6.07) is 3.04. The summed E-state index contributed by atoms with van der Waals surface area (Å²) in [4.78, 5) is 11.2. The molecule has 1 aromatic rings. The summed E-state index contributed by atoms with van der Waals surface area (Å²) in [6.07, 6.45) is 4.86. The lowest BCUT2D eigenvalue weighted by atomic mass is 9.84. The van der Waals surface area contributed by atoms with Gasteiger partial charge in [0.25, 0.3) is 0 Å². The van der Waals surface area contributed by atoms with E-state index in [2.05, 4.69) is 20.8 Å². The molecule has 14 heavy (non-hydrogen) atoms. The van der Waals surface area contributed by atoms with E-state index in [1.807, 2.05) is 0 Å². The fourth-order valence-corrected chi connectivity index (χ4v) is 1.48. The van der Waals surface area contributed by atoms with Crippen molar-refractivity contribution in [2.24, 2.45) is 0 Å². The Morgan fingerprint density at radius 3 is 2.71 bits per heavy atom. The van der Waals surface area contributed by atoms with Gasteiger partial charge in [-0.25, -0.2) is 0 Å². The number of rotatable bonds is 4. The van der Waals surface area contributed by atoms with Gasteiger partial charge in [-0.1, -0.05) is 33.6 Å². The molecule has 1 heterocycles. The van der Waals surface area contributed by atoms with Crippen LogP contribution in [0.2, 0.25) is 0 Å². The average Bonchev–Trinajstić information content (AvgIpc) is 2.15. The molecular formula is C12H18O2. The third-order valence-electron chi connectivity index (χ3n) is 2.52. The van der Waals surface area contributed by atoms with Crippen LogP contribution in [0.3, 0.4) is 0 Å². The fraction of sp³-hybridized carbons (Fsp3) is 0.583. The van der Waals surface area contributed by atoms with Crippen LogP contribution in [0.5, 0.6) is 0 Å². The molecule has 0 aliphatic carbocycles. The van der Waals surface area contributed by atoms with Gasteiger partial charge in [-0.05, 0) is 6.42 Å². The third-order valence-corrected chi connectivity index (χ3v) is 2.52. The van der Waals surface area contributed by atoms with Gasteiger partial charge < -0.3 is 4.42 Å². The summed E-state index contributed by atoms with van der Waals surface area (Å²) in [5.74, 6) is 0.790. The van der Waals surface area contributed by atoms with Crippen LogP contribution < -0.4 is 5.43 Å². The Hall–Kier alpha value is -1.05. The van der Waals surface area contributed by atoms with Crippen molar-refractivity contribution in [2.75, 3.05) is 0 Å². The van der Waals surface area contributed by atoms with E-state index in [-0.39, 0.29) is 10.8 Å². The fourth-order valence-electron chi connectivity index (χ4n) is 1.48. The van der Waals surface area contributed by atoms with Gasteiger partial charge in [-0.2, -0.15) is 0 Å². The maximum absolute atomic E-state index is 11.2. The van der Waals surface area contributed by atoms with Crippen LogP contribution >= 0.6 is 0 Å². The maximum Gasteiger partial charge on any atom is 0.185 e. The Kier molecular flexibility index (Phi) is 3.50. The van der Waals surface area contributed by atoms with Gasteiger partial charge >= 0.3 is 0 Å². The van der Waals surface area contributed by atoms with Crippen LogP contribution in [-0.4, -0.2) is 0 Å². The molecule has 2 heteroatoms. The van der Waals surface area contributed by atoms with E-state index in [4.69, 9.17) is 4.42 Å². The minimum Gasteiger partial charge on any atom is -0.469 e. The SMILES string of the molecule is CCCCC(C)(C)c1cc(=O)cco1. The van der Waals surface area contributed by atoms with Crippen molar-refractivity contribution in [3.63, 3.8) is 0 Å². The van der Waals surface area contributed by atoms with Gasteiger partial charge in [0.05, 0.1) is 6.26 Å². The van der Waals surface area contributed by atoms with Crippen LogP contribution in [0.15, 0.2) is 27.6 Å². The highest BCUT2D eigenvalue weighted by molar-refractivity contribution is 5.10. The van der Waals surface area contributed by atoms with E-state index in [9.17, 15) is 4.79 Å². The Morgan fingerprint density at radius 2 is 2.14 bits per heavy atom. The highest BCUT2D eigenvalue weighted by atomic mass is 16.3. The molecule has 2 nitrogen and oxygen atoms in total. The first-order valence-corrected chi connectivity index (χ1v) is 5.15. The van der Waals surface area contributed by atoms with Gasteiger partial charge in [-0.15, -0.1) is 0 Å². The summed E-state index contributed by atoms with van der Waals surface area (Å²) >= 11 is 0. The van der Waals surface area contributed by atoms with Gasteiger partial charge in [0.15, 0.2) is 5.43 Å². The molecule has 0 N–H and O–H groups in total. The van der Waals surface area contributed by atoms with E-state index in [0.29, 0.717) is 0 Å². The van der Waals surface area contributed by atoms with Crippen LogP contribution in [0.1, 0.15) is 45.8 Å². The van der Waals surface area contributed by atoms with Crippen LogP contribution in [0, 0.1) is 0 Å². The second kappa shape index (κ2) is 4.45. The highest BCUT2D eigenvalue weighted by Gasteiger charge is 2.22. The number of unbranched alkanes of at least 4 members (excludes halogenated alkanes) is 1. The second-order valence-corrected chi connectivity index (χ2v) is 4.32. The van der Waals surface area contributed by atoms with E-state index in [0.717, 1.165) is 18.6 Å². The molecule has 1 rings (SSSR count). The predicted molar refractivity (Wildman–Crippen MR) is 57.5 cm³/mol. The Labute approximate surface area is 85.0 Å². The lowest BCUT2D eigenvalue weighted by molar-refractivity contribution is 0.346. The zero-order chi connectivity index (χ0) is 10.6. The lowest BCUT2D eigenvalue weighted by Crippen LogP contribution is -2.18. The van der Waals surface area contributed by atoms with Crippen LogP contribution in [0.25, 0.3) is 0 Å². The predicted octanol–water partition coefficient (Wildman–Crippen LogP) is 3.11. The number of hydrogen-bond donors (Lipinski definition) is 0. The van der Waals surface area contributed by atoms with Crippen molar-refractivity contribution < 1.29 is 4.42 Å². The molecule has 78 valence electrons. The van der Waals surface area contributed by atoms with E-state index < -0.39 is 0 Å². The van der Waals surface area contributed by atoms with Crippen molar-refractivity contribution in [1.82, 2.24) is 0 Å². The summed E-state index contributed by atoms with van der Waals surface area (Å²) in [5.41, 5.74) is -0.00741. The first-order chi connectivity index (χ1) is 6.56. The maximum atomic E-state index is 11.2. The summed E-state index contributed by atoms with van der Waals surface area (Å²) in [7, 11) is 0. The van der Waals surface area contributed by atoms with Crippen molar-refractivity contribution in [2.45, 2.75) is 45.4 Å². The molecule has 0 atom stereocenters. The zero-order valence-electron chi connectivity index (χ0n) is 9.17. The molecule has 0 bridgehead atoms. The van der Waals surface area contributed by atoms with Gasteiger partial charge in [-0.3, -0.25) is 4.79 Å². The minimum absolute atomic E-state index is 0.0239. The molecule has 0 saturated carbocycles. The quantitative estimate of drug-likeness (QED) is 0.737. The van der Waals surface area contributed by atoms with E-state index >= 15 is 0 Å². The third kappa shape index (κ3) is 2.72. The normalized spacial score (nSPS) is 11.6. The molecular weight excluding hydrogens is 176 g/mol. The summed E-state index contributed by atoms with van der Waals surface area (Å²) < 4.78 is 5.37. The average molecular weight is 194 g/mol. The molecule has 0 aliphatic rings. The molecule has 0 saturated heterocycles. The molecule has 0 aromatic carbocycles. The van der Waals surface area contributed by atoms with Crippen molar-refractivity contribution in [3.8, 4) is 0 Å². The molecule has 0 radical (unpaired) electrons.